The third-order valence-corrected chi connectivity index (χ3v) is 26.3. The zero-order valence-electron chi connectivity index (χ0n) is 24.2. The molecule has 0 aliphatic carbocycles. The van der Waals surface area contributed by atoms with Crippen LogP contribution in [0, 0.1) is 0 Å². The van der Waals surface area contributed by atoms with E-state index in [0.29, 0.717) is 0 Å². The predicted octanol–water partition coefficient (Wildman–Crippen LogP) is 4.03. The third kappa shape index (κ3) is 4.71. The molecule has 0 fully saturated rings. The Kier molecular flexibility index (Phi) is 7.95. The molecule has 13 heteroatoms. The van der Waals surface area contributed by atoms with E-state index in [-0.39, 0.29) is 53.9 Å². The number of phenolic OH excluding ortho intramolecular Hbond substituents is 2. The van der Waals surface area contributed by atoms with Gasteiger partial charge in [-0.2, -0.15) is 0 Å². The molecule has 2 unspecified atom stereocenters. The Morgan fingerprint density at radius 1 is 0.556 bits per heavy atom. The van der Waals surface area contributed by atoms with Gasteiger partial charge < -0.3 is 0 Å². The predicted molar refractivity (Wildman–Crippen MR) is 172 cm³/mol. The number of rotatable bonds is 8. The topological polar surface area (TPSA) is 151 Å². The normalized spacial score (nSPS) is 14.8. The molecule has 0 saturated heterocycles. The first kappa shape index (κ1) is 30.8. The van der Waals surface area contributed by atoms with Gasteiger partial charge in [0.2, 0.25) is 0 Å². The number of imidazole rings is 2. The van der Waals surface area contributed by atoms with Crippen LogP contribution >= 0.6 is 12.2 Å². The summed E-state index contributed by atoms with van der Waals surface area (Å²) in [5, 5.41) is 21.4. The van der Waals surface area contributed by atoms with Crippen molar-refractivity contribution < 1.29 is 40.9 Å². The molecule has 2 aromatic heterocycles. The first-order valence-corrected chi connectivity index (χ1v) is 20.4. The molecule has 0 aliphatic heterocycles. The molecule has 4 N–H and O–H groups in total. The molecule has 6 aromatic rings. The van der Waals surface area contributed by atoms with Crippen LogP contribution in [0.3, 0.4) is 0 Å². The molecule has 0 saturated carbocycles. The van der Waals surface area contributed by atoms with Crippen LogP contribution in [-0.2, 0) is 35.0 Å². The zero-order valence-corrected chi connectivity index (χ0v) is 27.0. The van der Waals surface area contributed by atoms with Gasteiger partial charge in [-0.25, -0.2) is 0 Å². The van der Waals surface area contributed by atoms with Gasteiger partial charge in [0.25, 0.3) is 0 Å². The molecule has 233 valence electrons. The second kappa shape index (κ2) is 11.6. The fourth-order valence-corrected chi connectivity index (χ4v) is 25.1. The van der Waals surface area contributed by atoms with Crippen molar-refractivity contribution in [1.29, 1.82) is 0 Å². The molecular formula is C32H30CoN4O6P2. The van der Waals surface area contributed by atoms with E-state index in [1.807, 2.05) is 0 Å². The summed E-state index contributed by atoms with van der Waals surface area (Å²) >= 11 is -4.56. The van der Waals surface area contributed by atoms with E-state index >= 15 is 9.13 Å². The summed E-state index contributed by atoms with van der Waals surface area (Å²) in [6.45, 7) is 0. The van der Waals surface area contributed by atoms with Gasteiger partial charge in [-0.3, -0.25) is 0 Å². The van der Waals surface area contributed by atoms with Crippen molar-refractivity contribution in [2.45, 2.75) is 0 Å². The van der Waals surface area contributed by atoms with E-state index in [4.69, 9.17) is 0 Å². The number of benzene rings is 4. The van der Waals surface area contributed by atoms with Crippen LogP contribution in [0.5, 0.6) is 11.5 Å². The van der Waals surface area contributed by atoms with Crippen molar-refractivity contribution >= 4 is 32.3 Å². The van der Waals surface area contributed by atoms with Crippen molar-refractivity contribution in [1.82, 2.24) is 19.1 Å². The number of aryl methyl sites for hydroxylation is 2. The number of hydrogen-bond acceptors (Lipinski definition) is 6. The standard InChI is InChI=1S/2C12H9O3P.2C4H5N2.Co/c2*13-11-7-3-1-5-9(11)10-6-2-4-8-12(10)16(14)15;2*1-6-3-2-5-4-6;/h2*1-8H,(H-,13,14,15);2*2-3H,1H3;/q;;;;-2/p+2. The quantitative estimate of drug-likeness (QED) is 0.175. The van der Waals surface area contributed by atoms with Crippen LogP contribution in [0.2, 0.25) is 0 Å². The number of aromatic hydroxyl groups is 2. The van der Waals surface area contributed by atoms with E-state index in [1.54, 1.807) is 99.3 Å². The second-order valence-corrected chi connectivity index (χ2v) is 23.7. The number of hydrogen-bond donors (Lipinski definition) is 4. The minimum absolute atomic E-state index is 0.0641. The molecule has 4 aromatic carbocycles. The van der Waals surface area contributed by atoms with Crippen molar-refractivity contribution in [2.75, 3.05) is 0 Å². The number of aromatic nitrogens is 4. The number of para-hydroxylation sites is 2. The van der Waals surface area contributed by atoms with Crippen LogP contribution < -0.4 is 20.1 Å². The monoisotopic (exact) mass is 687 g/mol. The van der Waals surface area contributed by atoms with Gasteiger partial charge in [0.1, 0.15) is 0 Å². The first-order chi connectivity index (χ1) is 21.5. The Hall–Kier alpha value is -4.21. The summed E-state index contributed by atoms with van der Waals surface area (Å²) in [5.74, 6) is -0.250. The van der Waals surface area contributed by atoms with Crippen LogP contribution in [0.15, 0.2) is 122 Å². The van der Waals surface area contributed by atoms with E-state index in [1.165, 1.54) is 45.8 Å². The zero-order chi connectivity index (χ0) is 32.0. The molecule has 0 aliphatic rings. The van der Waals surface area contributed by atoms with Crippen molar-refractivity contribution in [3.8, 4) is 33.8 Å². The van der Waals surface area contributed by atoms with E-state index < -0.39 is 23.9 Å². The Bertz CT molecular complexity index is 1990. The van der Waals surface area contributed by atoms with Crippen molar-refractivity contribution in [3.63, 3.8) is 0 Å². The fraction of sp³-hybridized carbons (Fsp3) is 0.0625. The molecule has 6 rings (SSSR count). The molecule has 0 radical (unpaired) electrons. The summed E-state index contributed by atoms with van der Waals surface area (Å²) in [5.41, 5.74) is 1.01. The van der Waals surface area contributed by atoms with Gasteiger partial charge in [0.05, 0.1) is 0 Å². The SMILES string of the molecule is Cn1ccn[c]1[Co]([c]1nccn1C)([P](=O)(O)c1ccccc1-c1ccccc1O)[P](=O)(O)c1ccccc1-c1ccccc1O. The molecule has 0 amide bonds. The summed E-state index contributed by atoms with van der Waals surface area (Å²) in [7, 11) is 3.20. The summed E-state index contributed by atoms with van der Waals surface area (Å²) in [4.78, 5) is 34.7. The summed E-state index contributed by atoms with van der Waals surface area (Å²) < 4.78 is 34.5. The molecule has 10 nitrogen and oxygen atoms in total. The Morgan fingerprint density at radius 2 is 0.889 bits per heavy atom. The average Bonchev–Trinajstić information content (AvgIpc) is 3.66. The van der Waals surface area contributed by atoms with Crippen molar-refractivity contribution in [2.24, 2.45) is 14.1 Å². The second-order valence-electron chi connectivity index (χ2n) is 10.0. The number of nitrogens with zero attached hydrogens (tertiary/aromatic N) is 4. The van der Waals surface area contributed by atoms with Gasteiger partial charge in [-0.15, -0.1) is 0 Å². The van der Waals surface area contributed by atoms with Crippen LogP contribution in [0.1, 0.15) is 0 Å². The molecular weight excluding hydrogens is 657 g/mol. The van der Waals surface area contributed by atoms with E-state index in [0.717, 1.165) is 0 Å². The third-order valence-electron chi connectivity index (χ3n) is 7.25. The molecule has 45 heavy (non-hydrogen) atoms. The van der Waals surface area contributed by atoms with Crippen LogP contribution in [0.25, 0.3) is 22.3 Å². The first-order valence-electron chi connectivity index (χ1n) is 13.6. The van der Waals surface area contributed by atoms with Crippen LogP contribution in [-0.4, -0.2) is 39.1 Å². The molecule has 0 spiro atoms. The molecule has 2 atom stereocenters. The summed E-state index contributed by atoms with van der Waals surface area (Å²) in [6, 6.07) is 25.4. The minimum atomic E-state index is -5.09. The van der Waals surface area contributed by atoms with E-state index in [2.05, 4.69) is 9.97 Å². The fourth-order valence-electron chi connectivity index (χ4n) is 5.18. The van der Waals surface area contributed by atoms with Crippen molar-refractivity contribution in [3.05, 3.63) is 122 Å². The number of phenols is 2. The Labute approximate surface area is 261 Å². The van der Waals surface area contributed by atoms with Gasteiger partial charge >= 0.3 is 262 Å². The molecule has 2 heterocycles. The van der Waals surface area contributed by atoms with E-state index in [9.17, 15) is 20.0 Å². The van der Waals surface area contributed by atoms with Gasteiger partial charge in [0.15, 0.2) is 0 Å². The Balaban J connectivity index is 1.79. The average molecular weight is 687 g/mol. The summed E-state index contributed by atoms with van der Waals surface area (Å²) in [6.07, 6.45) is -4.26. The maximum absolute atomic E-state index is 15.8. The van der Waals surface area contributed by atoms with Gasteiger partial charge in [0, 0.05) is 0 Å². The molecule has 0 bridgehead atoms. The van der Waals surface area contributed by atoms with Gasteiger partial charge in [-0.1, -0.05) is 0 Å². The van der Waals surface area contributed by atoms with Gasteiger partial charge in [-0.05, 0) is 0 Å². The Morgan fingerprint density at radius 3 is 1.22 bits per heavy atom. The maximum atomic E-state index is 15.8. The van der Waals surface area contributed by atoms with Crippen LogP contribution in [0.4, 0.5) is 0 Å².